The number of hydrogen-bond acceptors (Lipinski definition) is 3. The van der Waals surface area contributed by atoms with Crippen LogP contribution in [0.4, 0.5) is 0 Å². The second kappa shape index (κ2) is 4.87. The van der Waals surface area contributed by atoms with Crippen molar-refractivity contribution in [3.63, 3.8) is 0 Å². The lowest BCUT2D eigenvalue weighted by molar-refractivity contribution is -0.118. The number of rotatable bonds is 3. The molecule has 3 heteroatoms. The molecule has 1 rings (SSSR count). The predicted molar refractivity (Wildman–Crippen MR) is 53.7 cm³/mol. The second-order valence-electron chi connectivity index (χ2n) is 3.34. The van der Waals surface area contributed by atoms with Gasteiger partial charge >= 0.3 is 0 Å². The molecule has 0 aromatic carbocycles. The molecule has 1 unspecified atom stereocenters. The van der Waals surface area contributed by atoms with Crippen LogP contribution in [0, 0.1) is 0 Å². The molecule has 1 aliphatic heterocycles. The normalized spacial score (nSPS) is 25.7. The molecule has 0 amide bonds. The molecule has 0 N–H and O–H groups in total. The van der Waals surface area contributed by atoms with Gasteiger partial charge in [-0.1, -0.05) is 6.92 Å². The van der Waals surface area contributed by atoms with E-state index in [0.717, 1.165) is 18.3 Å². The van der Waals surface area contributed by atoms with Crippen molar-refractivity contribution >= 4 is 17.5 Å². The summed E-state index contributed by atoms with van der Waals surface area (Å²) in [6.07, 6.45) is 1.22. The van der Waals surface area contributed by atoms with Gasteiger partial charge in [0.1, 0.15) is 5.78 Å². The van der Waals surface area contributed by atoms with Crippen molar-refractivity contribution in [3.05, 3.63) is 0 Å². The Balaban J connectivity index is 2.30. The molecule has 1 saturated heterocycles. The van der Waals surface area contributed by atoms with Crippen molar-refractivity contribution in [2.45, 2.75) is 25.5 Å². The first-order valence-corrected chi connectivity index (χ1v) is 5.60. The molecule has 1 aliphatic rings. The minimum Gasteiger partial charge on any atom is -0.299 e. The molecule has 0 aromatic rings. The van der Waals surface area contributed by atoms with Gasteiger partial charge < -0.3 is 0 Å². The third kappa shape index (κ3) is 3.15. The number of thioether (sulfide) groups is 1. The van der Waals surface area contributed by atoms with Crippen LogP contribution in [0.3, 0.4) is 0 Å². The van der Waals surface area contributed by atoms with E-state index >= 15 is 0 Å². The van der Waals surface area contributed by atoms with Gasteiger partial charge in [-0.15, -0.1) is 0 Å². The topological polar surface area (TPSA) is 20.3 Å². The van der Waals surface area contributed by atoms with Gasteiger partial charge in [-0.25, -0.2) is 0 Å². The smallest absolute Gasteiger partial charge is 0.143 e. The SMILES string of the molecule is CCC1CN(CC(C)=O)CCS1. The number of Topliss-reactive ketones (excluding diaryl/α,β-unsaturated/α-hetero) is 1. The maximum atomic E-state index is 10.9. The van der Waals surface area contributed by atoms with Crippen LogP contribution >= 0.6 is 11.8 Å². The van der Waals surface area contributed by atoms with E-state index in [-0.39, 0.29) is 5.78 Å². The van der Waals surface area contributed by atoms with Crippen LogP contribution in [0.15, 0.2) is 0 Å². The minimum absolute atomic E-state index is 0.289. The summed E-state index contributed by atoms with van der Waals surface area (Å²) < 4.78 is 0. The van der Waals surface area contributed by atoms with Gasteiger partial charge in [-0.2, -0.15) is 11.8 Å². The van der Waals surface area contributed by atoms with Gasteiger partial charge in [0, 0.05) is 24.1 Å². The van der Waals surface area contributed by atoms with Crippen molar-refractivity contribution in [2.75, 3.05) is 25.4 Å². The van der Waals surface area contributed by atoms with Crippen LogP contribution in [-0.2, 0) is 4.79 Å². The summed E-state index contributed by atoms with van der Waals surface area (Å²) >= 11 is 2.04. The van der Waals surface area contributed by atoms with Gasteiger partial charge in [-0.3, -0.25) is 9.69 Å². The Kier molecular flexibility index (Phi) is 4.09. The van der Waals surface area contributed by atoms with E-state index in [2.05, 4.69) is 11.8 Å². The molecule has 0 aliphatic carbocycles. The molecule has 0 spiro atoms. The van der Waals surface area contributed by atoms with E-state index in [4.69, 9.17) is 0 Å². The average molecular weight is 187 g/mol. The van der Waals surface area contributed by atoms with Crippen LogP contribution in [0.2, 0.25) is 0 Å². The van der Waals surface area contributed by atoms with Crippen molar-refractivity contribution in [1.29, 1.82) is 0 Å². The summed E-state index contributed by atoms with van der Waals surface area (Å²) in [5.74, 6) is 1.47. The zero-order valence-corrected chi connectivity index (χ0v) is 8.69. The molecule has 0 radical (unpaired) electrons. The van der Waals surface area contributed by atoms with Crippen LogP contribution < -0.4 is 0 Å². The second-order valence-corrected chi connectivity index (χ2v) is 4.75. The number of ketones is 1. The zero-order chi connectivity index (χ0) is 8.97. The summed E-state index contributed by atoms with van der Waals surface area (Å²) in [6, 6.07) is 0. The van der Waals surface area contributed by atoms with Gasteiger partial charge in [0.05, 0.1) is 6.54 Å². The lowest BCUT2D eigenvalue weighted by Crippen LogP contribution is -2.40. The van der Waals surface area contributed by atoms with Crippen LogP contribution in [-0.4, -0.2) is 41.3 Å². The summed E-state index contributed by atoms with van der Waals surface area (Å²) in [4.78, 5) is 13.1. The molecule has 0 bridgehead atoms. The fourth-order valence-corrected chi connectivity index (χ4v) is 2.73. The van der Waals surface area contributed by atoms with Crippen LogP contribution in [0.25, 0.3) is 0 Å². The van der Waals surface area contributed by atoms with Crippen molar-refractivity contribution in [3.8, 4) is 0 Å². The largest absolute Gasteiger partial charge is 0.299 e. The molecule has 1 fully saturated rings. The number of carbonyl (C=O) groups is 1. The minimum atomic E-state index is 0.289. The van der Waals surface area contributed by atoms with Crippen molar-refractivity contribution in [2.24, 2.45) is 0 Å². The van der Waals surface area contributed by atoms with E-state index in [1.807, 2.05) is 11.8 Å². The van der Waals surface area contributed by atoms with Gasteiger partial charge in [0.2, 0.25) is 0 Å². The first-order chi connectivity index (χ1) is 5.72. The Morgan fingerprint density at radius 3 is 3.00 bits per heavy atom. The third-order valence-corrected chi connectivity index (χ3v) is 3.50. The van der Waals surface area contributed by atoms with Crippen molar-refractivity contribution in [1.82, 2.24) is 4.90 Å². The number of carbonyl (C=O) groups excluding carboxylic acids is 1. The quantitative estimate of drug-likeness (QED) is 0.666. The fourth-order valence-electron chi connectivity index (χ4n) is 1.49. The van der Waals surface area contributed by atoms with Crippen LogP contribution in [0.5, 0.6) is 0 Å². The monoisotopic (exact) mass is 187 g/mol. The molecule has 12 heavy (non-hydrogen) atoms. The van der Waals surface area contributed by atoms with Crippen molar-refractivity contribution < 1.29 is 4.79 Å². The molecule has 0 saturated carbocycles. The maximum Gasteiger partial charge on any atom is 0.143 e. The summed E-state index contributed by atoms with van der Waals surface area (Å²) in [6.45, 7) is 6.72. The highest BCUT2D eigenvalue weighted by Gasteiger charge is 2.19. The first kappa shape index (κ1) is 10.1. The summed E-state index contributed by atoms with van der Waals surface area (Å²) in [5.41, 5.74) is 0. The highest BCUT2D eigenvalue weighted by atomic mass is 32.2. The van der Waals surface area contributed by atoms with E-state index in [1.54, 1.807) is 6.92 Å². The molecular weight excluding hydrogens is 170 g/mol. The maximum absolute atomic E-state index is 10.9. The highest BCUT2D eigenvalue weighted by Crippen LogP contribution is 2.20. The summed E-state index contributed by atoms with van der Waals surface area (Å²) in [5, 5.41) is 0.748. The molecule has 0 aromatic heterocycles. The van der Waals surface area contributed by atoms with E-state index in [1.165, 1.54) is 12.2 Å². The van der Waals surface area contributed by atoms with Gasteiger partial charge in [0.15, 0.2) is 0 Å². The Bertz CT molecular complexity index is 161. The molecular formula is C9H17NOS. The molecule has 1 atom stereocenters. The molecule has 70 valence electrons. The lowest BCUT2D eigenvalue weighted by atomic mass is 10.3. The number of hydrogen-bond donors (Lipinski definition) is 0. The van der Waals surface area contributed by atoms with E-state index in [0.29, 0.717) is 6.54 Å². The Morgan fingerprint density at radius 1 is 1.67 bits per heavy atom. The fraction of sp³-hybridized carbons (Fsp3) is 0.889. The number of nitrogens with zero attached hydrogens (tertiary/aromatic N) is 1. The standard InChI is InChI=1S/C9H17NOS/c1-3-9-7-10(4-5-12-9)6-8(2)11/h9H,3-7H2,1-2H3. The Hall–Kier alpha value is -0.0200. The van der Waals surface area contributed by atoms with Gasteiger partial charge in [0.25, 0.3) is 0 Å². The van der Waals surface area contributed by atoms with Gasteiger partial charge in [-0.05, 0) is 13.3 Å². The van der Waals surface area contributed by atoms with E-state index < -0.39 is 0 Å². The average Bonchev–Trinajstić information content (AvgIpc) is 2.03. The highest BCUT2D eigenvalue weighted by molar-refractivity contribution is 8.00. The zero-order valence-electron chi connectivity index (χ0n) is 7.88. The molecule has 1 heterocycles. The third-order valence-electron chi connectivity index (χ3n) is 2.12. The van der Waals surface area contributed by atoms with E-state index in [9.17, 15) is 4.79 Å². The summed E-state index contributed by atoms with van der Waals surface area (Å²) in [7, 11) is 0. The Labute approximate surface area is 78.7 Å². The predicted octanol–water partition coefficient (Wildman–Crippen LogP) is 1.40. The Morgan fingerprint density at radius 2 is 2.42 bits per heavy atom. The first-order valence-electron chi connectivity index (χ1n) is 4.55. The van der Waals surface area contributed by atoms with Crippen LogP contribution in [0.1, 0.15) is 20.3 Å². The molecule has 2 nitrogen and oxygen atoms in total. The lowest BCUT2D eigenvalue weighted by Gasteiger charge is -2.30.